The lowest BCUT2D eigenvalue weighted by molar-refractivity contribution is -0.128. The van der Waals surface area contributed by atoms with E-state index >= 15 is 0 Å². The van der Waals surface area contributed by atoms with Gasteiger partial charge in [-0.3, -0.25) is 20.4 Å². The first-order chi connectivity index (χ1) is 15.6. The van der Waals surface area contributed by atoms with E-state index in [1.54, 1.807) is 24.6 Å². The molecule has 0 aliphatic rings. The normalized spacial score (nSPS) is 11.7. The number of hydrogen-bond donors (Lipinski definition) is 2. The fraction of sp³-hybridized carbons (Fsp3) is 0.125. The molecule has 1 unspecified atom stereocenters. The summed E-state index contributed by atoms with van der Waals surface area (Å²) in [5, 5.41) is 4.10. The van der Waals surface area contributed by atoms with Crippen molar-refractivity contribution >= 4 is 45.7 Å². The summed E-state index contributed by atoms with van der Waals surface area (Å²) >= 11 is 3.06. The van der Waals surface area contributed by atoms with E-state index in [0.29, 0.717) is 17.1 Å². The summed E-state index contributed by atoms with van der Waals surface area (Å²) in [6.07, 6.45) is -0.786. The molecule has 2 amide bonds. The predicted octanol–water partition coefficient (Wildman–Crippen LogP) is 4.82. The van der Waals surface area contributed by atoms with Crippen LogP contribution in [0.2, 0.25) is 0 Å². The number of nitrogens with zero attached hydrogens (tertiary/aromatic N) is 1. The van der Waals surface area contributed by atoms with E-state index in [1.807, 2.05) is 60.0 Å². The van der Waals surface area contributed by atoms with Gasteiger partial charge in [0.1, 0.15) is 5.75 Å². The van der Waals surface area contributed by atoms with Crippen molar-refractivity contribution in [1.82, 2.24) is 15.8 Å². The van der Waals surface area contributed by atoms with Gasteiger partial charge in [-0.05, 0) is 42.0 Å². The van der Waals surface area contributed by atoms with E-state index in [1.165, 1.54) is 23.1 Å². The number of hydrogen-bond acceptors (Lipinski definition) is 6. The fourth-order valence-electron chi connectivity index (χ4n) is 3.03. The van der Waals surface area contributed by atoms with E-state index in [2.05, 4.69) is 15.8 Å². The second kappa shape index (κ2) is 10.3. The lowest BCUT2D eigenvalue weighted by Crippen LogP contribution is -2.47. The number of aromatic nitrogens is 1. The molecule has 0 radical (unpaired) electrons. The Morgan fingerprint density at radius 3 is 2.62 bits per heavy atom. The number of carbonyl (C=O) groups excluding carboxylic acids is 2. The summed E-state index contributed by atoms with van der Waals surface area (Å²) in [6, 6.07) is 20.8. The fourth-order valence-corrected chi connectivity index (χ4v) is 4.64. The Balaban J connectivity index is 1.33. The van der Waals surface area contributed by atoms with Crippen LogP contribution in [0.4, 0.5) is 0 Å². The molecule has 0 spiro atoms. The van der Waals surface area contributed by atoms with Crippen LogP contribution in [0, 0.1) is 0 Å². The Labute approximate surface area is 194 Å². The van der Waals surface area contributed by atoms with Crippen LogP contribution in [0.1, 0.15) is 23.0 Å². The molecule has 1 aromatic heterocycles. The van der Waals surface area contributed by atoms with E-state index in [4.69, 9.17) is 4.74 Å². The number of carbonyl (C=O) groups is 2. The van der Waals surface area contributed by atoms with Crippen LogP contribution in [-0.2, 0) is 10.5 Å². The number of thioether (sulfide) groups is 1. The molecular weight excluding hydrogens is 442 g/mol. The molecule has 2 N–H and O–H groups in total. The van der Waals surface area contributed by atoms with Crippen molar-refractivity contribution in [2.75, 3.05) is 0 Å². The molecular formula is C24H21N3O3S2. The SMILES string of the molecule is CC(Oc1ccc2ccccc2c1)C(=O)NNC(=O)c1ccccc1SCc1cscn1. The number of rotatable bonds is 7. The average molecular weight is 464 g/mol. The third-order valence-electron chi connectivity index (χ3n) is 4.69. The van der Waals surface area contributed by atoms with Crippen LogP contribution < -0.4 is 15.6 Å². The number of fused-ring (bicyclic) bond motifs is 1. The standard InChI is InChI=1S/C24H21N3O3S2/c1-16(30-20-11-10-17-6-2-3-7-18(17)12-20)23(28)26-27-24(29)21-8-4-5-9-22(21)32-14-19-13-31-15-25-19/h2-13,15-16H,14H2,1H3,(H,26,28)(H,27,29). The highest BCUT2D eigenvalue weighted by Gasteiger charge is 2.17. The third-order valence-corrected chi connectivity index (χ3v) is 6.44. The van der Waals surface area contributed by atoms with Gasteiger partial charge in [-0.2, -0.15) is 0 Å². The summed E-state index contributed by atoms with van der Waals surface area (Å²) in [7, 11) is 0. The van der Waals surface area contributed by atoms with Crippen molar-refractivity contribution in [3.8, 4) is 5.75 Å². The minimum atomic E-state index is -0.786. The third kappa shape index (κ3) is 5.46. The zero-order chi connectivity index (χ0) is 22.3. The van der Waals surface area contributed by atoms with Crippen molar-refractivity contribution in [1.29, 1.82) is 0 Å². The molecule has 3 aromatic carbocycles. The highest BCUT2D eigenvalue weighted by molar-refractivity contribution is 7.98. The first-order valence-electron chi connectivity index (χ1n) is 9.95. The molecule has 162 valence electrons. The van der Waals surface area contributed by atoms with Crippen molar-refractivity contribution in [2.45, 2.75) is 23.7 Å². The van der Waals surface area contributed by atoms with Crippen LogP contribution in [0.25, 0.3) is 10.8 Å². The largest absolute Gasteiger partial charge is 0.481 e. The number of hydrazine groups is 1. The number of thiazole rings is 1. The summed E-state index contributed by atoms with van der Waals surface area (Å²) in [4.78, 5) is 30.2. The molecule has 4 rings (SSSR count). The minimum Gasteiger partial charge on any atom is -0.481 e. The van der Waals surface area contributed by atoms with Crippen molar-refractivity contribution in [2.24, 2.45) is 0 Å². The van der Waals surface area contributed by atoms with Gasteiger partial charge in [-0.1, -0.05) is 42.5 Å². The van der Waals surface area contributed by atoms with Gasteiger partial charge < -0.3 is 4.74 Å². The Bertz CT molecular complexity index is 1230. The van der Waals surface area contributed by atoms with Gasteiger partial charge in [0.05, 0.1) is 16.8 Å². The molecule has 0 saturated carbocycles. The maximum atomic E-state index is 12.7. The Morgan fingerprint density at radius 1 is 1.03 bits per heavy atom. The van der Waals surface area contributed by atoms with Crippen molar-refractivity contribution < 1.29 is 14.3 Å². The maximum absolute atomic E-state index is 12.7. The molecule has 8 heteroatoms. The van der Waals surface area contributed by atoms with Crippen LogP contribution in [0.5, 0.6) is 5.75 Å². The predicted molar refractivity (Wildman–Crippen MR) is 128 cm³/mol. The molecule has 0 bridgehead atoms. The molecule has 4 aromatic rings. The average Bonchev–Trinajstić information content (AvgIpc) is 3.35. The number of nitrogens with one attached hydrogen (secondary N) is 2. The molecule has 1 atom stereocenters. The van der Waals surface area contributed by atoms with Gasteiger partial charge in [0.15, 0.2) is 6.10 Å². The molecule has 0 aliphatic heterocycles. The van der Waals surface area contributed by atoms with E-state index < -0.39 is 17.9 Å². The first-order valence-corrected chi connectivity index (χ1v) is 11.9. The summed E-state index contributed by atoms with van der Waals surface area (Å²) in [6.45, 7) is 1.63. The molecule has 32 heavy (non-hydrogen) atoms. The summed E-state index contributed by atoms with van der Waals surface area (Å²) < 4.78 is 5.75. The summed E-state index contributed by atoms with van der Waals surface area (Å²) in [5.74, 6) is 0.412. The second-order valence-electron chi connectivity index (χ2n) is 6.98. The molecule has 6 nitrogen and oxygen atoms in total. The van der Waals surface area contributed by atoms with Gasteiger partial charge in [0.2, 0.25) is 0 Å². The number of benzene rings is 3. The van der Waals surface area contributed by atoms with Crippen LogP contribution >= 0.6 is 23.1 Å². The van der Waals surface area contributed by atoms with Gasteiger partial charge in [0, 0.05) is 16.0 Å². The van der Waals surface area contributed by atoms with E-state index in [0.717, 1.165) is 21.4 Å². The molecule has 0 fully saturated rings. The zero-order valence-corrected chi connectivity index (χ0v) is 18.9. The van der Waals surface area contributed by atoms with Crippen molar-refractivity contribution in [3.63, 3.8) is 0 Å². The van der Waals surface area contributed by atoms with E-state index in [-0.39, 0.29) is 0 Å². The Kier molecular flexibility index (Phi) is 7.03. The van der Waals surface area contributed by atoms with Gasteiger partial charge in [0.25, 0.3) is 11.8 Å². The quantitative estimate of drug-likeness (QED) is 0.303. The van der Waals surface area contributed by atoms with Crippen LogP contribution in [0.15, 0.2) is 82.5 Å². The number of ether oxygens (including phenoxy) is 1. The molecule has 0 aliphatic carbocycles. The van der Waals surface area contributed by atoms with Gasteiger partial charge in [-0.25, -0.2) is 4.98 Å². The Hall–Kier alpha value is -3.36. The first kappa shape index (κ1) is 21.9. The number of amides is 2. The lowest BCUT2D eigenvalue weighted by Gasteiger charge is -2.16. The smallest absolute Gasteiger partial charge is 0.279 e. The topological polar surface area (TPSA) is 80.3 Å². The minimum absolute atomic E-state index is 0.391. The monoisotopic (exact) mass is 463 g/mol. The highest BCUT2D eigenvalue weighted by Crippen LogP contribution is 2.26. The maximum Gasteiger partial charge on any atom is 0.279 e. The van der Waals surface area contributed by atoms with Crippen LogP contribution in [-0.4, -0.2) is 22.9 Å². The van der Waals surface area contributed by atoms with Crippen molar-refractivity contribution in [3.05, 3.63) is 88.9 Å². The van der Waals surface area contributed by atoms with Crippen LogP contribution in [0.3, 0.4) is 0 Å². The summed E-state index contributed by atoms with van der Waals surface area (Å²) in [5.41, 5.74) is 8.16. The Morgan fingerprint density at radius 2 is 1.81 bits per heavy atom. The second-order valence-corrected chi connectivity index (χ2v) is 8.71. The molecule has 0 saturated heterocycles. The van der Waals surface area contributed by atoms with Gasteiger partial charge in [-0.15, -0.1) is 23.1 Å². The zero-order valence-electron chi connectivity index (χ0n) is 17.3. The van der Waals surface area contributed by atoms with E-state index in [9.17, 15) is 9.59 Å². The highest BCUT2D eigenvalue weighted by atomic mass is 32.2. The van der Waals surface area contributed by atoms with Gasteiger partial charge >= 0.3 is 0 Å². The lowest BCUT2D eigenvalue weighted by atomic mass is 10.1. The molecule has 1 heterocycles.